The summed E-state index contributed by atoms with van der Waals surface area (Å²) in [7, 11) is -1.84. The van der Waals surface area contributed by atoms with Gasteiger partial charge in [0.15, 0.2) is 0 Å². The Balaban J connectivity index is 2.21. The van der Waals surface area contributed by atoms with E-state index in [1.54, 1.807) is 24.2 Å². The topological polar surface area (TPSA) is 73.9 Å². The molecule has 0 saturated carbocycles. The quantitative estimate of drug-likeness (QED) is 0.703. The third-order valence-corrected chi connectivity index (χ3v) is 5.31. The maximum absolute atomic E-state index is 6.21. The Morgan fingerprint density at radius 2 is 1.75 bits per heavy atom. The van der Waals surface area contributed by atoms with E-state index in [-0.39, 0.29) is 5.95 Å². The van der Waals surface area contributed by atoms with Crippen LogP contribution in [-0.2, 0) is 0 Å². The molecule has 0 amide bonds. The van der Waals surface area contributed by atoms with Gasteiger partial charge in [0.05, 0.1) is 10.9 Å². The predicted octanol–water partition coefficient (Wildman–Crippen LogP) is 4.28. The van der Waals surface area contributed by atoms with Gasteiger partial charge in [0.1, 0.15) is 0 Å². The van der Waals surface area contributed by atoms with Gasteiger partial charge in [0.25, 0.3) is 0 Å². The third-order valence-electron chi connectivity index (χ3n) is 3.27. The first-order valence-electron chi connectivity index (χ1n) is 7.67. The summed E-state index contributed by atoms with van der Waals surface area (Å²) in [4.78, 5) is 15.0. The lowest BCUT2D eigenvalue weighted by atomic mass is 10.1. The molecule has 5 nitrogen and oxygen atoms in total. The summed E-state index contributed by atoms with van der Waals surface area (Å²) in [6, 6.07) is 7.99. The molecule has 7 heteroatoms. The summed E-state index contributed by atoms with van der Waals surface area (Å²) in [5.74, 6) is 0.816. The number of aryl methyl sites for hydroxylation is 1. The van der Waals surface area contributed by atoms with Crippen LogP contribution in [0.4, 0.5) is 5.95 Å². The van der Waals surface area contributed by atoms with Crippen LogP contribution in [0.2, 0.25) is 19.6 Å². The normalized spacial score (nSPS) is 11.7. The van der Waals surface area contributed by atoms with E-state index in [1.165, 1.54) is 0 Å². The van der Waals surface area contributed by atoms with E-state index in [4.69, 9.17) is 10.2 Å². The van der Waals surface area contributed by atoms with Crippen molar-refractivity contribution in [1.29, 1.82) is 0 Å². The van der Waals surface area contributed by atoms with Crippen molar-refractivity contribution < 1.29 is 4.43 Å². The summed E-state index contributed by atoms with van der Waals surface area (Å²) in [6.07, 6.45) is 3.58. The SMILES string of the molecule is Cc1ccc2nc(N)nc(O[Si](C)(C)C)c2c1Sc1ccncc1. The molecule has 0 unspecified atom stereocenters. The molecule has 0 aliphatic heterocycles. The zero-order valence-corrected chi connectivity index (χ0v) is 16.0. The Kier molecular flexibility index (Phi) is 4.47. The van der Waals surface area contributed by atoms with Crippen LogP contribution in [0.5, 0.6) is 5.88 Å². The minimum atomic E-state index is -1.84. The average molecular weight is 357 g/mol. The van der Waals surface area contributed by atoms with Gasteiger partial charge in [-0.25, -0.2) is 4.98 Å². The van der Waals surface area contributed by atoms with Crippen molar-refractivity contribution in [3.63, 3.8) is 0 Å². The minimum Gasteiger partial charge on any atom is -0.531 e. The van der Waals surface area contributed by atoms with E-state index in [0.717, 1.165) is 26.3 Å². The molecule has 3 aromatic rings. The van der Waals surface area contributed by atoms with Gasteiger partial charge in [-0.05, 0) is 50.3 Å². The Morgan fingerprint density at radius 1 is 1.04 bits per heavy atom. The summed E-state index contributed by atoms with van der Waals surface area (Å²) in [5.41, 5.74) is 7.84. The van der Waals surface area contributed by atoms with Crippen molar-refractivity contribution in [2.45, 2.75) is 36.4 Å². The number of nitrogen functional groups attached to an aromatic ring is 1. The molecular weight excluding hydrogens is 336 g/mol. The number of fused-ring (bicyclic) bond motifs is 1. The molecule has 3 rings (SSSR count). The summed E-state index contributed by atoms with van der Waals surface area (Å²) < 4.78 is 6.21. The van der Waals surface area contributed by atoms with Crippen molar-refractivity contribution >= 4 is 36.9 Å². The maximum Gasteiger partial charge on any atom is 0.244 e. The van der Waals surface area contributed by atoms with E-state index in [1.807, 2.05) is 18.2 Å². The first-order valence-corrected chi connectivity index (χ1v) is 11.9. The molecule has 0 radical (unpaired) electrons. The molecule has 2 heterocycles. The molecule has 2 N–H and O–H groups in total. The van der Waals surface area contributed by atoms with E-state index in [9.17, 15) is 0 Å². The molecule has 0 atom stereocenters. The van der Waals surface area contributed by atoms with Crippen LogP contribution in [0.25, 0.3) is 10.9 Å². The lowest BCUT2D eigenvalue weighted by Gasteiger charge is -2.21. The van der Waals surface area contributed by atoms with Gasteiger partial charge in [0, 0.05) is 22.2 Å². The lowest BCUT2D eigenvalue weighted by Crippen LogP contribution is -2.30. The van der Waals surface area contributed by atoms with Crippen LogP contribution in [0.3, 0.4) is 0 Å². The van der Waals surface area contributed by atoms with E-state index >= 15 is 0 Å². The fourth-order valence-corrected chi connectivity index (χ4v) is 4.05. The van der Waals surface area contributed by atoms with Gasteiger partial charge >= 0.3 is 0 Å². The summed E-state index contributed by atoms with van der Waals surface area (Å²) in [5, 5.41) is 0.924. The van der Waals surface area contributed by atoms with Crippen LogP contribution in [0.1, 0.15) is 5.56 Å². The monoisotopic (exact) mass is 356 g/mol. The first kappa shape index (κ1) is 16.7. The smallest absolute Gasteiger partial charge is 0.244 e. The zero-order chi connectivity index (χ0) is 17.3. The Hall–Kier alpha value is -2.12. The van der Waals surface area contributed by atoms with E-state index in [0.29, 0.717) is 5.88 Å². The predicted molar refractivity (Wildman–Crippen MR) is 101 cm³/mol. The van der Waals surface area contributed by atoms with Gasteiger partial charge in [-0.3, -0.25) is 4.98 Å². The highest BCUT2D eigenvalue weighted by Gasteiger charge is 2.22. The maximum atomic E-state index is 6.21. The molecule has 0 bridgehead atoms. The number of anilines is 1. The fraction of sp³-hybridized carbons (Fsp3) is 0.235. The van der Waals surface area contributed by atoms with Crippen LogP contribution in [-0.4, -0.2) is 23.3 Å². The van der Waals surface area contributed by atoms with E-state index < -0.39 is 8.32 Å². The molecule has 24 heavy (non-hydrogen) atoms. The lowest BCUT2D eigenvalue weighted by molar-refractivity contribution is 0.540. The second-order valence-corrected chi connectivity index (χ2v) is 12.0. The highest BCUT2D eigenvalue weighted by atomic mass is 32.2. The molecule has 124 valence electrons. The number of nitrogens with zero attached hydrogens (tertiary/aromatic N) is 3. The van der Waals surface area contributed by atoms with Crippen molar-refractivity contribution in [2.24, 2.45) is 0 Å². The molecular formula is C17H20N4OSSi. The van der Waals surface area contributed by atoms with Gasteiger partial charge in [-0.2, -0.15) is 4.98 Å². The van der Waals surface area contributed by atoms with Gasteiger partial charge in [0.2, 0.25) is 20.1 Å². The van der Waals surface area contributed by atoms with Crippen molar-refractivity contribution in [3.05, 3.63) is 42.2 Å². The third kappa shape index (κ3) is 3.68. The number of rotatable bonds is 4. The van der Waals surface area contributed by atoms with Crippen molar-refractivity contribution in [1.82, 2.24) is 15.0 Å². The summed E-state index contributed by atoms with van der Waals surface area (Å²) in [6.45, 7) is 8.46. The van der Waals surface area contributed by atoms with Gasteiger partial charge < -0.3 is 10.2 Å². The number of aromatic nitrogens is 3. The Bertz CT molecular complexity index is 881. The van der Waals surface area contributed by atoms with E-state index in [2.05, 4.69) is 47.6 Å². The molecule has 1 aromatic carbocycles. The second kappa shape index (κ2) is 6.41. The number of hydrogen-bond acceptors (Lipinski definition) is 6. The molecule has 0 saturated heterocycles. The molecule has 0 aliphatic carbocycles. The number of nitrogens with two attached hydrogens (primary N) is 1. The Labute approximate surface area is 146 Å². The molecule has 0 aliphatic rings. The largest absolute Gasteiger partial charge is 0.531 e. The second-order valence-electron chi connectivity index (χ2n) is 6.49. The first-order chi connectivity index (χ1) is 11.3. The average Bonchev–Trinajstić information content (AvgIpc) is 2.49. The van der Waals surface area contributed by atoms with Crippen molar-refractivity contribution in [2.75, 3.05) is 5.73 Å². The highest BCUT2D eigenvalue weighted by Crippen LogP contribution is 2.39. The highest BCUT2D eigenvalue weighted by molar-refractivity contribution is 7.99. The van der Waals surface area contributed by atoms with Crippen LogP contribution >= 0.6 is 11.8 Å². The zero-order valence-electron chi connectivity index (χ0n) is 14.2. The van der Waals surface area contributed by atoms with Gasteiger partial charge in [-0.1, -0.05) is 17.8 Å². The standard InChI is InChI=1S/C17H20N4OSSi/c1-11-5-6-13-14(15(11)23-12-7-9-19-10-8-12)16(21-17(18)20-13)22-24(2,3)4/h5-10H,1-4H3,(H2,18,20,21). The number of pyridine rings is 1. The summed E-state index contributed by atoms with van der Waals surface area (Å²) >= 11 is 1.66. The number of benzene rings is 1. The van der Waals surface area contributed by atoms with Gasteiger partial charge in [-0.15, -0.1) is 0 Å². The minimum absolute atomic E-state index is 0.236. The van der Waals surface area contributed by atoms with Crippen LogP contribution in [0, 0.1) is 6.92 Å². The van der Waals surface area contributed by atoms with Crippen molar-refractivity contribution in [3.8, 4) is 5.88 Å². The van der Waals surface area contributed by atoms with Crippen LogP contribution < -0.4 is 10.2 Å². The molecule has 2 aromatic heterocycles. The molecule has 0 spiro atoms. The number of hydrogen-bond donors (Lipinski definition) is 1. The van der Waals surface area contributed by atoms with Crippen LogP contribution in [0.15, 0.2) is 46.5 Å². The molecule has 0 fully saturated rings. The Morgan fingerprint density at radius 3 is 2.42 bits per heavy atom. The fourth-order valence-electron chi connectivity index (χ4n) is 2.30.